The Bertz CT molecular complexity index is 655. The molecule has 0 saturated heterocycles. The van der Waals surface area contributed by atoms with E-state index in [0.717, 1.165) is 0 Å². The van der Waals surface area contributed by atoms with Gasteiger partial charge in [0, 0.05) is 0 Å². The van der Waals surface area contributed by atoms with Gasteiger partial charge in [-0.25, -0.2) is 0 Å². The van der Waals surface area contributed by atoms with Crippen molar-refractivity contribution >= 4 is 5.57 Å². The van der Waals surface area contributed by atoms with Crippen molar-refractivity contribution in [2.45, 2.75) is 34.6 Å². The summed E-state index contributed by atoms with van der Waals surface area (Å²) in [7, 11) is 0. The van der Waals surface area contributed by atoms with Crippen molar-refractivity contribution in [1.82, 2.24) is 0 Å². The van der Waals surface area contributed by atoms with Crippen LogP contribution in [0.15, 0.2) is 95.7 Å². The van der Waals surface area contributed by atoms with Crippen molar-refractivity contribution in [3.05, 3.63) is 101 Å². The van der Waals surface area contributed by atoms with E-state index in [4.69, 9.17) is 0 Å². The highest BCUT2D eigenvalue weighted by Crippen LogP contribution is 2.21. The maximum Gasteiger partial charge on any atom is -0.0181 e. The minimum Gasteiger partial charge on any atom is -0.0876 e. The Labute approximate surface area is 141 Å². The lowest BCUT2D eigenvalue weighted by molar-refractivity contribution is 1.37. The Kier molecular flexibility index (Phi) is 8.46. The molecule has 0 heterocycles. The van der Waals surface area contributed by atoms with Crippen LogP contribution in [-0.4, -0.2) is 0 Å². The van der Waals surface area contributed by atoms with Gasteiger partial charge in [-0.3, -0.25) is 0 Å². The van der Waals surface area contributed by atoms with Crippen LogP contribution >= 0.6 is 0 Å². The van der Waals surface area contributed by atoms with Crippen LogP contribution in [0.5, 0.6) is 0 Å². The maximum atomic E-state index is 2.25. The third kappa shape index (κ3) is 6.97. The molecule has 1 aromatic carbocycles. The van der Waals surface area contributed by atoms with Crippen molar-refractivity contribution in [3.63, 3.8) is 0 Å². The van der Waals surface area contributed by atoms with Crippen LogP contribution in [0.1, 0.15) is 40.2 Å². The van der Waals surface area contributed by atoms with E-state index in [1.54, 1.807) is 0 Å². The predicted molar refractivity (Wildman–Crippen MR) is 105 cm³/mol. The maximum absolute atomic E-state index is 2.25. The van der Waals surface area contributed by atoms with Gasteiger partial charge in [-0.05, 0) is 56.9 Å². The van der Waals surface area contributed by atoms with E-state index in [9.17, 15) is 0 Å². The second-order valence-electron chi connectivity index (χ2n) is 5.71. The van der Waals surface area contributed by atoms with Gasteiger partial charge >= 0.3 is 0 Å². The van der Waals surface area contributed by atoms with Crippen molar-refractivity contribution in [3.8, 4) is 0 Å². The lowest BCUT2D eigenvalue weighted by atomic mass is 9.98. The molecule has 0 spiro atoms. The highest BCUT2D eigenvalue weighted by molar-refractivity contribution is 5.77. The zero-order valence-electron chi connectivity index (χ0n) is 15.0. The lowest BCUT2D eigenvalue weighted by Gasteiger charge is -2.07. The molecule has 0 nitrogen and oxygen atoms in total. The molecule has 0 aliphatic rings. The second kappa shape index (κ2) is 10.4. The third-order valence-electron chi connectivity index (χ3n) is 3.35. The van der Waals surface area contributed by atoms with Crippen LogP contribution in [-0.2, 0) is 0 Å². The Morgan fingerprint density at radius 1 is 0.826 bits per heavy atom. The average Bonchev–Trinajstić information content (AvgIpc) is 2.55. The molecule has 0 unspecified atom stereocenters. The SMILES string of the molecule is C\C=C/C=C(\C=C(C)\C(\C=C/C)=C\C=C(C)C)c1ccccc1. The Hall–Kier alpha value is -2.34. The molecule has 0 aliphatic carbocycles. The molecule has 0 radical (unpaired) electrons. The van der Waals surface area contributed by atoms with E-state index in [0.29, 0.717) is 0 Å². The highest BCUT2D eigenvalue weighted by Gasteiger charge is 2.00. The fourth-order valence-corrected chi connectivity index (χ4v) is 2.13. The van der Waals surface area contributed by atoms with Gasteiger partial charge in [0.15, 0.2) is 0 Å². The predicted octanol–water partition coefficient (Wildman–Crippen LogP) is 7.06. The summed E-state index contributed by atoms with van der Waals surface area (Å²) in [6.07, 6.45) is 17.1. The van der Waals surface area contributed by atoms with Gasteiger partial charge in [0.2, 0.25) is 0 Å². The minimum atomic E-state index is 1.22. The summed E-state index contributed by atoms with van der Waals surface area (Å²) in [5, 5.41) is 0. The summed E-state index contributed by atoms with van der Waals surface area (Å²) in [5.41, 5.74) is 6.23. The topological polar surface area (TPSA) is 0 Å². The van der Waals surface area contributed by atoms with E-state index in [1.165, 1.54) is 27.9 Å². The summed E-state index contributed by atoms with van der Waals surface area (Å²) >= 11 is 0. The molecule has 0 aliphatic heterocycles. The van der Waals surface area contributed by atoms with Crippen LogP contribution in [0.25, 0.3) is 5.57 Å². The molecule has 0 N–H and O–H groups in total. The van der Waals surface area contributed by atoms with E-state index in [2.05, 4.69) is 101 Å². The van der Waals surface area contributed by atoms with Crippen LogP contribution in [0.2, 0.25) is 0 Å². The molecule has 0 bridgehead atoms. The van der Waals surface area contributed by atoms with Crippen LogP contribution < -0.4 is 0 Å². The molecule has 0 atom stereocenters. The number of hydrogen-bond acceptors (Lipinski definition) is 0. The van der Waals surface area contributed by atoms with Crippen molar-refractivity contribution in [2.24, 2.45) is 0 Å². The molecule has 1 aromatic rings. The number of allylic oxidation sites excluding steroid dienone is 12. The van der Waals surface area contributed by atoms with Crippen LogP contribution in [0.3, 0.4) is 0 Å². The fourth-order valence-electron chi connectivity index (χ4n) is 2.13. The van der Waals surface area contributed by atoms with Crippen LogP contribution in [0.4, 0.5) is 0 Å². The first kappa shape index (κ1) is 18.7. The normalized spacial score (nSPS) is 13.9. The van der Waals surface area contributed by atoms with Crippen molar-refractivity contribution < 1.29 is 0 Å². The summed E-state index contributed by atoms with van der Waals surface area (Å²) in [5.74, 6) is 0. The Morgan fingerprint density at radius 3 is 2.09 bits per heavy atom. The lowest BCUT2D eigenvalue weighted by Crippen LogP contribution is -1.86. The zero-order valence-corrected chi connectivity index (χ0v) is 15.0. The summed E-state index contributed by atoms with van der Waals surface area (Å²) in [4.78, 5) is 0. The molecule has 0 amide bonds. The molecule has 23 heavy (non-hydrogen) atoms. The van der Waals surface area contributed by atoms with Gasteiger partial charge in [-0.1, -0.05) is 84.5 Å². The fraction of sp³-hybridized carbons (Fsp3) is 0.217. The van der Waals surface area contributed by atoms with E-state index in [1.807, 2.05) is 13.0 Å². The monoisotopic (exact) mass is 304 g/mol. The van der Waals surface area contributed by atoms with Crippen molar-refractivity contribution in [1.29, 1.82) is 0 Å². The molecule has 0 heteroatoms. The Morgan fingerprint density at radius 2 is 1.52 bits per heavy atom. The van der Waals surface area contributed by atoms with E-state index < -0.39 is 0 Å². The third-order valence-corrected chi connectivity index (χ3v) is 3.35. The largest absolute Gasteiger partial charge is 0.0876 e. The van der Waals surface area contributed by atoms with E-state index >= 15 is 0 Å². The Balaban J connectivity index is 3.29. The first-order chi connectivity index (χ1) is 11.1. The van der Waals surface area contributed by atoms with Gasteiger partial charge in [-0.2, -0.15) is 0 Å². The van der Waals surface area contributed by atoms with E-state index in [-0.39, 0.29) is 0 Å². The smallest absolute Gasteiger partial charge is 0.0181 e. The van der Waals surface area contributed by atoms with Gasteiger partial charge in [0.1, 0.15) is 0 Å². The summed E-state index contributed by atoms with van der Waals surface area (Å²) in [6.45, 7) is 10.5. The van der Waals surface area contributed by atoms with Gasteiger partial charge < -0.3 is 0 Å². The highest BCUT2D eigenvalue weighted by atomic mass is 14.1. The molecule has 120 valence electrons. The average molecular weight is 304 g/mol. The number of hydrogen-bond donors (Lipinski definition) is 0. The molecular formula is C23H28. The molecule has 0 fully saturated rings. The van der Waals surface area contributed by atoms with Gasteiger partial charge in [0.25, 0.3) is 0 Å². The number of rotatable bonds is 6. The van der Waals surface area contributed by atoms with Gasteiger partial charge in [-0.15, -0.1) is 0 Å². The second-order valence-corrected chi connectivity index (χ2v) is 5.71. The van der Waals surface area contributed by atoms with Crippen LogP contribution in [0, 0.1) is 0 Å². The van der Waals surface area contributed by atoms with Crippen molar-refractivity contribution in [2.75, 3.05) is 0 Å². The minimum absolute atomic E-state index is 1.22. The molecular weight excluding hydrogens is 276 g/mol. The zero-order chi connectivity index (χ0) is 17.1. The summed E-state index contributed by atoms with van der Waals surface area (Å²) in [6, 6.07) is 10.5. The van der Waals surface area contributed by atoms with Gasteiger partial charge in [0.05, 0.1) is 0 Å². The standard InChI is InChI=1S/C23H28/c1-6-8-13-23(22-14-10-9-11-15-22)18-20(5)21(12-7-2)17-16-19(3)4/h6-18H,1-5H3/b8-6-,12-7-,20-18+,21-17+,23-13+. The number of benzene rings is 1. The molecule has 0 saturated carbocycles. The quantitative estimate of drug-likeness (QED) is 0.493. The summed E-state index contributed by atoms with van der Waals surface area (Å²) < 4.78 is 0. The first-order valence-electron chi connectivity index (χ1n) is 8.13. The molecule has 0 aromatic heterocycles. The molecule has 1 rings (SSSR count). The first-order valence-corrected chi connectivity index (χ1v) is 8.13.